The van der Waals surface area contributed by atoms with Gasteiger partial charge in [-0.1, -0.05) is 24.6 Å². The number of para-hydroxylation sites is 1. The van der Waals surface area contributed by atoms with Gasteiger partial charge in [0.15, 0.2) is 0 Å². The smallest absolute Gasteiger partial charge is 0.261 e. The monoisotopic (exact) mass is 404 g/mol. The van der Waals surface area contributed by atoms with E-state index in [0.29, 0.717) is 28.7 Å². The van der Waals surface area contributed by atoms with E-state index in [-0.39, 0.29) is 24.4 Å². The number of carbonyl (C=O) groups excluding carboxylic acids is 2. The fourth-order valence-corrected chi connectivity index (χ4v) is 3.88. The number of aromatic nitrogens is 2. The van der Waals surface area contributed by atoms with Gasteiger partial charge in [-0.05, 0) is 43.2 Å². The molecule has 1 aromatic heterocycles. The minimum absolute atomic E-state index is 0.0513. The van der Waals surface area contributed by atoms with E-state index in [1.54, 1.807) is 22.8 Å². The zero-order chi connectivity index (χ0) is 21.1. The van der Waals surface area contributed by atoms with Crippen molar-refractivity contribution in [1.29, 1.82) is 0 Å². The van der Waals surface area contributed by atoms with Gasteiger partial charge < -0.3 is 10.6 Å². The first-order valence-corrected chi connectivity index (χ1v) is 10.2. The van der Waals surface area contributed by atoms with Gasteiger partial charge in [-0.15, -0.1) is 0 Å². The van der Waals surface area contributed by atoms with Crippen LogP contribution >= 0.6 is 0 Å². The Hall–Kier alpha value is -3.48. The summed E-state index contributed by atoms with van der Waals surface area (Å²) in [6.45, 7) is 0.864. The third-order valence-corrected chi connectivity index (χ3v) is 5.46. The molecule has 2 heterocycles. The summed E-state index contributed by atoms with van der Waals surface area (Å²) < 4.78 is 1.76. The SMILES string of the molecule is NC(=O)CCN(C(=O)c1ccc2c(=O)n3c(nc2c1)CCCCC3)c1ccccc1. The summed E-state index contributed by atoms with van der Waals surface area (Å²) in [4.78, 5) is 43.8. The molecule has 0 atom stereocenters. The van der Waals surface area contributed by atoms with Crippen molar-refractivity contribution in [1.82, 2.24) is 9.55 Å². The first-order chi connectivity index (χ1) is 14.5. The number of aryl methyl sites for hydroxylation is 1. The zero-order valence-corrected chi connectivity index (χ0v) is 16.7. The Morgan fingerprint density at radius 1 is 1.07 bits per heavy atom. The van der Waals surface area contributed by atoms with E-state index in [1.807, 2.05) is 30.3 Å². The second-order valence-electron chi connectivity index (χ2n) is 7.54. The predicted octanol–water partition coefficient (Wildman–Crippen LogP) is 2.65. The average molecular weight is 404 g/mol. The third-order valence-electron chi connectivity index (χ3n) is 5.46. The molecule has 0 saturated carbocycles. The van der Waals surface area contributed by atoms with Crippen LogP contribution in [0.5, 0.6) is 0 Å². The lowest BCUT2D eigenvalue weighted by molar-refractivity contribution is -0.117. The van der Waals surface area contributed by atoms with Crippen LogP contribution in [0.15, 0.2) is 53.3 Å². The molecule has 0 bridgehead atoms. The molecule has 2 aromatic carbocycles. The maximum Gasteiger partial charge on any atom is 0.261 e. The first-order valence-electron chi connectivity index (χ1n) is 10.2. The summed E-state index contributed by atoms with van der Waals surface area (Å²) in [5.74, 6) is 0.0454. The Morgan fingerprint density at radius 3 is 2.63 bits per heavy atom. The molecule has 3 aromatic rings. The van der Waals surface area contributed by atoms with Crippen LogP contribution in [0.2, 0.25) is 0 Å². The molecule has 0 unspecified atom stereocenters. The van der Waals surface area contributed by atoms with Gasteiger partial charge in [0.1, 0.15) is 5.82 Å². The standard InChI is InChI=1S/C23H24N4O3/c24-20(28)12-14-26(17-7-3-1-4-8-17)22(29)16-10-11-18-19(15-16)25-21-9-5-2-6-13-27(21)23(18)30/h1,3-4,7-8,10-11,15H,2,5-6,9,12-14H2,(H2,24,28). The van der Waals surface area contributed by atoms with Gasteiger partial charge in [-0.3, -0.25) is 19.0 Å². The van der Waals surface area contributed by atoms with Gasteiger partial charge in [0.25, 0.3) is 11.5 Å². The first kappa shape index (κ1) is 19.8. The molecule has 0 fully saturated rings. The predicted molar refractivity (Wildman–Crippen MR) is 115 cm³/mol. The minimum atomic E-state index is -0.473. The number of hydrogen-bond acceptors (Lipinski definition) is 4. The molecule has 1 aliphatic heterocycles. The van der Waals surface area contributed by atoms with Gasteiger partial charge in [0, 0.05) is 37.2 Å². The van der Waals surface area contributed by atoms with Crippen LogP contribution in [-0.4, -0.2) is 27.9 Å². The number of fused-ring (bicyclic) bond motifs is 2. The van der Waals surface area contributed by atoms with E-state index in [4.69, 9.17) is 10.7 Å². The van der Waals surface area contributed by atoms with E-state index in [0.717, 1.165) is 31.5 Å². The van der Waals surface area contributed by atoms with Crippen molar-refractivity contribution >= 4 is 28.4 Å². The summed E-state index contributed by atoms with van der Waals surface area (Å²) in [7, 11) is 0. The normalized spacial score (nSPS) is 13.5. The summed E-state index contributed by atoms with van der Waals surface area (Å²) >= 11 is 0. The maximum atomic E-state index is 13.3. The quantitative estimate of drug-likeness (QED) is 0.707. The summed E-state index contributed by atoms with van der Waals surface area (Å²) in [6.07, 6.45) is 3.88. The molecule has 2 N–H and O–H groups in total. The van der Waals surface area contributed by atoms with Crippen molar-refractivity contribution in [3.8, 4) is 0 Å². The van der Waals surface area contributed by atoms with E-state index >= 15 is 0 Å². The highest BCUT2D eigenvalue weighted by molar-refractivity contribution is 6.07. The largest absolute Gasteiger partial charge is 0.370 e. The van der Waals surface area contributed by atoms with Gasteiger partial charge in [0.2, 0.25) is 5.91 Å². The number of amides is 2. The van der Waals surface area contributed by atoms with Crippen molar-refractivity contribution in [2.45, 2.75) is 38.6 Å². The molecule has 7 nitrogen and oxygen atoms in total. The van der Waals surface area contributed by atoms with E-state index in [2.05, 4.69) is 0 Å². The lowest BCUT2D eigenvalue weighted by Gasteiger charge is -2.22. The van der Waals surface area contributed by atoms with E-state index in [9.17, 15) is 14.4 Å². The molecular weight excluding hydrogens is 380 g/mol. The van der Waals surface area contributed by atoms with Crippen LogP contribution in [-0.2, 0) is 17.8 Å². The fraction of sp³-hybridized carbons (Fsp3) is 0.304. The maximum absolute atomic E-state index is 13.3. The van der Waals surface area contributed by atoms with E-state index in [1.165, 1.54) is 4.90 Å². The van der Waals surface area contributed by atoms with E-state index < -0.39 is 5.91 Å². The van der Waals surface area contributed by atoms with Crippen LogP contribution in [0.25, 0.3) is 10.9 Å². The van der Waals surface area contributed by atoms with Crippen molar-refractivity contribution < 1.29 is 9.59 Å². The Balaban J connectivity index is 1.74. The molecule has 0 saturated heterocycles. The molecule has 0 spiro atoms. The molecule has 2 amide bonds. The number of primary amides is 1. The molecule has 0 aliphatic carbocycles. The number of nitrogens with zero attached hydrogens (tertiary/aromatic N) is 3. The van der Waals surface area contributed by atoms with Gasteiger partial charge >= 0.3 is 0 Å². The Bertz CT molecular complexity index is 1150. The molecule has 1 aliphatic rings. The lowest BCUT2D eigenvalue weighted by atomic mass is 10.1. The molecule has 0 radical (unpaired) electrons. The molecule has 7 heteroatoms. The molecule has 30 heavy (non-hydrogen) atoms. The molecular formula is C23H24N4O3. The highest BCUT2D eigenvalue weighted by atomic mass is 16.2. The lowest BCUT2D eigenvalue weighted by Crippen LogP contribution is -2.34. The molecule has 4 rings (SSSR count). The second kappa shape index (κ2) is 8.49. The average Bonchev–Trinajstić information content (AvgIpc) is 3.00. The van der Waals surface area contributed by atoms with Crippen molar-refractivity contribution in [3.05, 3.63) is 70.3 Å². The number of rotatable bonds is 5. The van der Waals surface area contributed by atoms with Crippen LogP contribution in [0.3, 0.4) is 0 Å². The van der Waals surface area contributed by atoms with Crippen LogP contribution < -0.4 is 16.2 Å². The van der Waals surface area contributed by atoms with Crippen molar-refractivity contribution in [3.63, 3.8) is 0 Å². The van der Waals surface area contributed by atoms with Gasteiger partial charge in [0.05, 0.1) is 10.9 Å². The van der Waals surface area contributed by atoms with Crippen LogP contribution in [0.1, 0.15) is 41.9 Å². The second-order valence-corrected chi connectivity index (χ2v) is 7.54. The Labute approximate surface area is 174 Å². The number of benzene rings is 2. The Kier molecular flexibility index (Phi) is 5.61. The fourth-order valence-electron chi connectivity index (χ4n) is 3.88. The number of anilines is 1. The topological polar surface area (TPSA) is 98.3 Å². The zero-order valence-electron chi connectivity index (χ0n) is 16.7. The number of nitrogens with two attached hydrogens (primary N) is 1. The molecule has 154 valence electrons. The number of hydrogen-bond donors (Lipinski definition) is 1. The van der Waals surface area contributed by atoms with Crippen LogP contribution in [0.4, 0.5) is 5.69 Å². The highest BCUT2D eigenvalue weighted by Gasteiger charge is 2.20. The van der Waals surface area contributed by atoms with Gasteiger partial charge in [-0.2, -0.15) is 0 Å². The van der Waals surface area contributed by atoms with Gasteiger partial charge in [-0.25, -0.2) is 4.98 Å². The summed E-state index contributed by atoms with van der Waals surface area (Å²) in [5.41, 5.74) is 6.88. The Morgan fingerprint density at radius 2 is 1.87 bits per heavy atom. The van der Waals surface area contributed by atoms with Crippen LogP contribution in [0, 0.1) is 0 Å². The summed E-state index contributed by atoms with van der Waals surface area (Å²) in [5, 5.41) is 0.514. The summed E-state index contributed by atoms with van der Waals surface area (Å²) in [6, 6.07) is 14.1. The third kappa shape index (κ3) is 3.96. The number of carbonyl (C=O) groups is 2. The highest BCUT2D eigenvalue weighted by Crippen LogP contribution is 2.20. The van der Waals surface area contributed by atoms with Crippen molar-refractivity contribution in [2.24, 2.45) is 5.73 Å². The minimum Gasteiger partial charge on any atom is -0.370 e. The van der Waals surface area contributed by atoms with Crippen molar-refractivity contribution in [2.75, 3.05) is 11.4 Å².